The molecule has 0 saturated carbocycles. The molecule has 0 radical (unpaired) electrons. The first-order valence-electron chi connectivity index (χ1n) is 7.29. The molecule has 0 bridgehead atoms. The van der Waals surface area contributed by atoms with Crippen LogP contribution in [-0.4, -0.2) is 42.3 Å². The topological polar surface area (TPSA) is 41.6 Å². The Kier molecular flexibility index (Phi) is 5.27. The predicted octanol–water partition coefficient (Wildman–Crippen LogP) is 3.20. The Morgan fingerprint density at radius 3 is 2.90 bits per heavy atom. The van der Waals surface area contributed by atoms with Gasteiger partial charge in [-0.25, -0.2) is 4.79 Å². The van der Waals surface area contributed by atoms with E-state index >= 15 is 0 Å². The van der Waals surface area contributed by atoms with Crippen molar-refractivity contribution < 1.29 is 9.53 Å². The van der Waals surface area contributed by atoms with Gasteiger partial charge in [-0.3, -0.25) is 0 Å². The minimum absolute atomic E-state index is 0.219. The predicted molar refractivity (Wildman–Crippen MR) is 87.4 cm³/mol. The second-order valence-electron chi connectivity index (χ2n) is 6.41. The van der Waals surface area contributed by atoms with Crippen LogP contribution in [0.25, 0.3) is 0 Å². The summed E-state index contributed by atoms with van der Waals surface area (Å²) in [6.45, 7) is 7.87. The van der Waals surface area contributed by atoms with Gasteiger partial charge in [0.2, 0.25) is 0 Å². The van der Waals surface area contributed by atoms with Gasteiger partial charge in [-0.1, -0.05) is 28.1 Å². The van der Waals surface area contributed by atoms with Crippen LogP contribution in [0.1, 0.15) is 26.3 Å². The number of amides is 1. The quantitative estimate of drug-likeness (QED) is 0.886. The highest BCUT2D eigenvalue weighted by molar-refractivity contribution is 9.10. The van der Waals surface area contributed by atoms with Crippen molar-refractivity contribution in [2.45, 2.75) is 38.8 Å². The molecule has 1 saturated heterocycles. The number of nitrogens with one attached hydrogen (secondary N) is 1. The third-order valence-corrected chi connectivity index (χ3v) is 3.77. The summed E-state index contributed by atoms with van der Waals surface area (Å²) in [6.07, 6.45) is 0.682. The average Bonchev–Trinajstić information content (AvgIpc) is 2.37. The molecule has 0 aliphatic carbocycles. The van der Waals surface area contributed by atoms with Crippen molar-refractivity contribution in [1.29, 1.82) is 0 Å². The number of carbonyl (C=O) groups excluding carboxylic acids is 1. The number of benzene rings is 1. The van der Waals surface area contributed by atoms with Crippen LogP contribution >= 0.6 is 15.9 Å². The molecular formula is C16H23BrN2O2. The van der Waals surface area contributed by atoms with Gasteiger partial charge in [0.05, 0.1) is 0 Å². The normalized spacial score (nSPS) is 19.4. The number of rotatable bonds is 2. The lowest BCUT2D eigenvalue weighted by atomic mass is 10.0. The number of ether oxygens (including phenoxy) is 1. The van der Waals surface area contributed by atoms with Crippen LogP contribution in [0.2, 0.25) is 0 Å². The molecule has 2 rings (SSSR count). The SMILES string of the molecule is CC(C)(C)OC(=O)N1CCNC(Cc2cccc(Br)c2)C1. The molecule has 116 valence electrons. The van der Waals surface area contributed by atoms with Crippen molar-refractivity contribution in [3.05, 3.63) is 34.3 Å². The Labute approximate surface area is 135 Å². The average molecular weight is 355 g/mol. The molecule has 21 heavy (non-hydrogen) atoms. The summed E-state index contributed by atoms with van der Waals surface area (Å²) in [4.78, 5) is 13.9. The molecule has 4 nitrogen and oxygen atoms in total. The lowest BCUT2D eigenvalue weighted by Gasteiger charge is -2.35. The van der Waals surface area contributed by atoms with E-state index in [0.717, 1.165) is 17.4 Å². The second-order valence-corrected chi connectivity index (χ2v) is 7.33. The minimum atomic E-state index is -0.443. The molecule has 1 amide bonds. The number of carbonyl (C=O) groups is 1. The molecule has 1 fully saturated rings. The van der Waals surface area contributed by atoms with E-state index in [1.165, 1.54) is 5.56 Å². The van der Waals surface area contributed by atoms with Gasteiger partial charge in [0.25, 0.3) is 0 Å². The summed E-state index contributed by atoms with van der Waals surface area (Å²) < 4.78 is 6.53. The maximum atomic E-state index is 12.1. The van der Waals surface area contributed by atoms with Crippen molar-refractivity contribution >= 4 is 22.0 Å². The third kappa shape index (κ3) is 5.32. The largest absolute Gasteiger partial charge is 0.444 e. The van der Waals surface area contributed by atoms with E-state index in [9.17, 15) is 4.79 Å². The summed E-state index contributed by atoms with van der Waals surface area (Å²) in [5, 5.41) is 3.47. The Balaban J connectivity index is 1.93. The Bertz CT molecular complexity index is 499. The van der Waals surface area contributed by atoms with Crippen molar-refractivity contribution in [2.75, 3.05) is 19.6 Å². The molecular weight excluding hydrogens is 332 g/mol. The van der Waals surface area contributed by atoms with Crippen LogP contribution in [0, 0.1) is 0 Å². The Hall–Kier alpha value is -1.07. The first-order chi connectivity index (χ1) is 9.83. The highest BCUT2D eigenvalue weighted by Crippen LogP contribution is 2.16. The molecule has 5 heteroatoms. The zero-order chi connectivity index (χ0) is 15.5. The summed E-state index contributed by atoms with van der Waals surface area (Å²) in [6, 6.07) is 8.55. The molecule has 1 N–H and O–H groups in total. The van der Waals surface area contributed by atoms with Crippen molar-refractivity contribution in [3.63, 3.8) is 0 Å². The van der Waals surface area contributed by atoms with Crippen molar-refractivity contribution in [2.24, 2.45) is 0 Å². The summed E-state index contributed by atoms with van der Waals surface area (Å²) in [7, 11) is 0. The Morgan fingerprint density at radius 2 is 2.24 bits per heavy atom. The van der Waals surface area contributed by atoms with E-state index in [4.69, 9.17) is 4.74 Å². The zero-order valence-corrected chi connectivity index (χ0v) is 14.4. The third-order valence-electron chi connectivity index (χ3n) is 3.28. The van der Waals surface area contributed by atoms with Gasteiger partial charge in [-0.05, 0) is 44.9 Å². The van der Waals surface area contributed by atoms with Gasteiger partial charge >= 0.3 is 6.09 Å². The standard InChI is InChI=1S/C16H23BrN2O2/c1-16(2,3)21-15(20)19-8-7-18-14(11-19)10-12-5-4-6-13(17)9-12/h4-6,9,14,18H,7-8,10-11H2,1-3H3. The van der Waals surface area contributed by atoms with Crippen molar-refractivity contribution in [1.82, 2.24) is 10.2 Å². The molecule has 0 spiro atoms. The first kappa shape index (κ1) is 16.3. The van der Waals surface area contributed by atoms with Crippen LogP contribution < -0.4 is 5.32 Å². The van der Waals surface area contributed by atoms with Crippen LogP contribution in [0.5, 0.6) is 0 Å². The van der Waals surface area contributed by atoms with E-state index in [2.05, 4.69) is 33.4 Å². The fourth-order valence-corrected chi connectivity index (χ4v) is 2.85. The molecule has 1 unspecified atom stereocenters. The minimum Gasteiger partial charge on any atom is -0.444 e. The highest BCUT2D eigenvalue weighted by Gasteiger charge is 2.27. The van der Waals surface area contributed by atoms with Gasteiger partial charge in [0.1, 0.15) is 5.60 Å². The monoisotopic (exact) mass is 354 g/mol. The van der Waals surface area contributed by atoms with Gasteiger partial charge < -0.3 is 15.0 Å². The first-order valence-corrected chi connectivity index (χ1v) is 8.08. The van der Waals surface area contributed by atoms with Crippen molar-refractivity contribution in [3.8, 4) is 0 Å². The van der Waals surface area contributed by atoms with Gasteiger partial charge in [-0.15, -0.1) is 0 Å². The van der Waals surface area contributed by atoms with E-state index in [0.29, 0.717) is 13.1 Å². The highest BCUT2D eigenvalue weighted by atomic mass is 79.9. The van der Waals surface area contributed by atoms with Gasteiger partial charge in [0, 0.05) is 30.1 Å². The maximum Gasteiger partial charge on any atom is 0.410 e. The number of piperazine rings is 1. The van der Waals surface area contributed by atoms with E-state index in [-0.39, 0.29) is 12.1 Å². The molecule has 1 aliphatic rings. The summed E-state index contributed by atoms with van der Waals surface area (Å²) >= 11 is 3.49. The zero-order valence-electron chi connectivity index (χ0n) is 12.9. The van der Waals surface area contributed by atoms with Crippen LogP contribution in [0.3, 0.4) is 0 Å². The lowest BCUT2D eigenvalue weighted by molar-refractivity contribution is 0.0195. The number of nitrogens with zero attached hydrogens (tertiary/aromatic N) is 1. The molecule has 1 aliphatic heterocycles. The molecule has 1 aromatic carbocycles. The Morgan fingerprint density at radius 1 is 1.48 bits per heavy atom. The van der Waals surface area contributed by atoms with Crippen LogP contribution in [0.15, 0.2) is 28.7 Å². The molecule has 1 atom stereocenters. The number of halogens is 1. The lowest BCUT2D eigenvalue weighted by Crippen LogP contribution is -2.54. The summed E-state index contributed by atoms with van der Waals surface area (Å²) in [5.41, 5.74) is 0.815. The second kappa shape index (κ2) is 6.79. The number of hydrogen-bond acceptors (Lipinski definition) is 3. The van der Waals surface area contributed by atoms with Gasteiger partial charge in [-0.2, -0.15) is 0 Å². The van der Waals surface area contributed by atoms with Gasteiger partial charge in [0.15, 0.2) is 0 Å². The summed E-state index contributed by atoms with van der Waals surface area (Å²) in [5.74, 6) is 0. The molecule has 1 heterocycles. The fraction of sp³-hybridized carbons (Fsp3) is 0.562. The maximum absolute atomic E-state index is 12.1. The van der Waals surface area contributed by atoms with E-state index < -0.39 is 5.60 Å². The van der Waals surface area contributed by atoms with E-state index in [1.54, 1.807) is 4.90 Å². The van der Waals surface area contributed by atoms with Crippen LogP contribution in [-0.2, 0) is 11.2 Å². The smallest absolute Gasteiger partial charge is 0.410 e. The number of hydrogen-bond donors (Lipinski definition) is 1. The fourth-order valence-electron chi connectivity index (χ4n) is 2.40. The van der Waals surface area contributed by atoms with Crippen LogP contribution in [0.4, 0.5) is 4.79 Å². The molecule has 0 aromatic heterocycles. The van der Waals surface area contributed by atoms with E-state index in [1.807, 2.05) is 32.9 Å². The molecule has 1 aromatic rings.